The van der Waals surface area contributed by atoms with Gasteiger partial charge in [-0.25, -0.2) is 14.8 Å². The molecule has 0 saturated carbocycles. The molecule has 41 heavy (non-hydrogen) atoms. The van der Waals surface area contributed by atoms with E-state index in [0.717, 1.165) is 22.3 Å². The molecule has 0 fully saturated rings. The number of aromatic nitrogens is 1. The lowest BCUT2D eigenvalue weighted by Gasteiger charge is -2.26. The normalized spacial score (nSPS) is 14.7. The summed E-state index contributed by atoms with van der Waals surface area (Å²) in [6.45, 7) is 0.136. The minimum absolute atomic E-state index is 0.0395. The molecule has 6 N–H and O–H groups in total. The maximum Gasteiger partial charge on any atom is 0.513 e. The molecule has 1 aliphatic carbocycles. The van der Waals surface area contributed by atoms with Crippen molar-refractivity contribution < 1.29 is 14.3 Å². The molecule has 11 nitrogen and oxygen atoms in total. The Balaban J connectivity index is 1.19. The van der Waals surface area contributed by atoms with Gasteiger partial charge in [-0.15, -0.1) is 0 Å². The Hall–Kier alpha value is -6.07. The number of guanidine groups is 1. The topological polar surface area (TPSA) is 184 Å². The monoisotopic (exact) mass is 542 g/mol. The van der Waals surface area contributed by atoms with Gasteiger partial charge in [-0.2, -0.15) is 10.5 Å². The van der Waals surface area contributed by atoms with Crippen LogP contribution in [0.15, 0.2) is 77.8 Å². The maximum atomic E-state index is 12.6. The van der Waals surface area contributed by atoms with Gasteiger partial charge < -0.3 is 26.3 Å². The first-order chi connectivity index (χ1) is 20.0. The Bertz CT molecular complexity index is 1760. The van der Waals surface area contributed by atoms with Crippen molar-refractivity contribution in [2.24, 2.45) is 4.99 Å². The zero-order chi connectivity index (χ0) is 28.5. The number of fused-ring (bicyclic) bond motifs is 4. The van der Waals surface area contributed by atoms with Gasteiger partial charge in [0.2, 0.25) is 5.96 Å². The van der Waals surface area contributed by atoms with Crippen molar-refractivity contribution in [2.75, 3.05) is 23.4 Å². The highest BCUT2D eigenvalue weighted by Gasteiger charge is 2.31. The number of nitrogens with zero attached hydrogens (tertiary/aromatic N) is 4. The summed E-state index contributed by atoms with van der Waals surface area (Å²) in [7, 11) is 0. The van der Waals surface area contributed by atoms with E-state index in [9.17, 15) is 10.1 Å². The predicted molar refractivity (Wildman–Crippen MR) is 152 cm³/mol. The van der Waals surface area contributed by atoms with E-state index in [2.05, 4.69) is 32.7 Å². The van der Waals surface area contributed by atoms with Gasteiger partial charge in [0.25, 0.3) is 0 Å². The first-order valence-corrected chi connectivity index (χ1v) is 12.6. The van der Waals surface area contributed by atoms with E-state index in [1.54, 1.807) is 24.3 Å². The number of carbonyl (C=O) groups excluding carboxylic acids is 1. The summed E-state index contributed by atoms with van der Waals surface area (Å²) < 4.78 is 11.0. The standard InChI is InChI=1S/C30H22N8O3/c31-13-22-25(33)24-26(36-29(35-15-32)38-28(24)37-27(22)34)16-9-11-17(12-10-16)41-30(39)40-14-23-20-7-3-1-5-18(20)19-6-2-4-8-21(19)23/h1-12,23,26H,14H2,(H6,33,34,35,36,37,38). The predicted octanol–water partition coefficient (Wildman–Crippen LogP) is 4.39. The first-order valence-electron chi connectivity index (χ1n) is 12.6. The fraction of sp³-hybridized carbons (Fsp3) is 0.100. The third-order valence-corrected chi connectivity index (χ3v) is 7.09. The molecule has 0 amide bonds. The number of ether oxygens (including phenoxy) is 2. The van der Waals surface area contributed by atoms with Gasteiger partial charge in [0, 0.05) is 11.5 Å². The Kier molecular flexibility index (Phi) is 6.30. The van der Waals surface area contributed by atoms with Crippen LogP contribution in [0, 0.1) is 22.8 Å². The van der Waals surface area contributed by atoms with Gasteiger partial charge in [-0.3, -0.25) is 5.32 Å². The molecule has 1 unspecified atom stereocenters. The molecule has 6 rings (SSSR count). The molecule has 1 aliphatic heterocycles. The van der Waals surface area contributed by atoms with Gasteiger partial charge >= 0.3 is 6.16 Å². The molecular weight excluding hydrogens is 520 g/mol. The second kappa shape index (κ2) is 10.2. The number of hydrogen-bond acceptors (Lipinski definition) is 11. The molecule has 0 spiro atoms. The van der Waals surface area contributed by atoms with Crippen molar-refractivity contribution in [1.82, 2.24) is 10.3 Å². The second-order valence-electron chi connectivity index (χ2n) is 9.36. The van der Waals surface area contributed by atoms with Crippen LogP contribution in [0.5, 0.6) is 5.75 Å². The molecule has 200 valence electrons. The van der Waals surface area contributed by atoms with E-state index < -0.39 is 12.2 Å². The number of aliphatic imine (C=N–C) groups is 1. The molecule has 11 heteroatoms. The third kappa shape index (κ3) is 4.47. The maximum absolute atomic E-state index is 12.6. The fourth-order valence-corrected chi connectivity index (χ4v) is 5.26. The van der Waals surface area contributed by atoms with E-state index in [4.69, 9.17) is 26.2 Å². The molecule has 3 aromatic carbocycles. The largest absolute Gasteiger partial charge is 0.513 e. The van der Waals surface area contributed by atoms with Crippen LogP contribution in [-0.2, 0) is 4.74 Å². The lowest BCUT2D eigenvalue weighted by molar-refractivity contribution is 0.0965. The zero-order valence-electron chi connectivity index (χ0n) is 21.5. The van der Waals surface area contributed by atoms with E-state index in [0.29, 0.717) is 11.1 Å². The van der Waals surface area contributed by atoms with E-state index >= 15 is 0 Å². The van der Waals surface area contributed by atoms with Crippen molar-refractivity contribution in [3.63, 3.8) is 0 Å². The summed E-state index contributed by atoms with van der Waals surface area (Å²) in [4.78, 5) is 21.4. The average Bonchev–Trinajstić information content (AvgIpc) is 3.30. The first kappa shape index (κ1) is 25.2. The molecular formula is C30H22N8O3. The quantitative estimate of drug-likeness (QED) is 0.125. The number of nitrogen functional groups attached to an aromatic ring is 2. The minimum atomic E-state index is -0.826. The Morgan fingerprint density at radius 1 is 0.976 bits per heavy atom. The van der Waals surface area contributed by atoms with Gasteiger partial charge in [-0.05, 0) is 39.9 Å². The fourth-order valence-electron chi connectivity index (χ4n) is 5.26. The van der Waals surface area contributed by atoms with Crippen LogP contribution < -0.4 is 26.8 Å². The minimum Gasteiger partial charge on any atom is -0.433 e. The van der Waals surface area contributed by atoms with Crippen molar-refractivity contribution in [3.8, 4) is 29.1 Å². The van der Waals surface area contributed by atoms with E-state index in [1.807, 2.05) is 48.7 Å². The van der Waals surface area contributed by atoms with Gasteiger partial charge in [0.05, 0.1) is 5.69 Å². The van der Waals surface area contributed by atoms with Crippen LogP contribution in [0.1, 0.15) is 39.8 Å². The highest BCUT2D eigenvalue weighted by atomic mass is 16.7. The molecule has 0 saturated heterocycles. The van der Waals surface area contributed by atoms with Gasteiger partial charge in [-0.1, -0.05) is 60.7 Å². The molecule has 1 aromatic heterocycles. The van der Waals surface area contributed by atoms with Crippen molar-refractivity contribution in [3.05, 3.63) is 101 Å². The Labute approximate surface area is 234 Å². The van der Waals surface area contributed by atoms with Gasteiger partial charge in [0.1, 0.15) is 41.7 Å². The second-order valence-corrected chi connectivity index (χ2v) is 9.36. The summed E-state index contributed by atoms with van der Waals surface area (Å²) in [6.07, 6.45) is 0.983. The number of anilines is 3. The molecule has 2 aliphatic rings. The molecule has 2 heterocycles. The van der Waals surface area contributed by atoms with Crippen LogP contribution in [0.2, 0.25) is 0 Å². The van der Waals surface area contributed by atoms with Crippen molar-refractivity contribution in [2.45, 2.75) is 12.0 Å². The molecule has 0 radical (unpaired) electrons. The summed E-state index contributed by atoms with van der Waals surface area (Å²) in [5.41, 5.74) is 17.9. The molecule has 4 aromatic rings. The summed E-state index contributed by atoms with van der Waals surface area (Å²) >= 11 is 0. The highest BCUT2D eigenvalue weighted by molar-refractivity contribution is 5.98. The van der Waals surface area contributed by atoms with Gasteiger partial charge in [0.15, 0.2) is 6.19 Å². The van der Waals surface area contributed by atoms with Crippen LogP contribution in [0.3, 0.4) is 0 Å². The van der Waals surface area contributed by atoms with Crippen molar-refractivity contribution in [1.29, 1.82) is 10.5 Å². The zero-order valence-corrected chi connectivity index (χ0v) is 21.5. The summed E-state index contributed by atoms with van der Waals surface area (Å²) in [6, 6.07) is 24.0. The lowest BCUT2D eigenvalue weighted by Crippen LogP contribution is -2.32. The number of benzene rings is 3. The number of pyridine rings is 1. The number of carbonyl (C=O) groups is 1. The highest BCUT2D eigenvalue weighted by Crippen LogP contribution is 2.45. The SMILES string of the molecule is N#CNC1=NC(c2ccc(OC(=O)OCC3c4ccccc4-c4ccccc43)cc2)c2c(nc(N)c(C#N)c2N)N1. The summed E-state index contributed by atoms with van der Waals surface area (Å²) in [5, 5.41) is 23.9. The van der Waals surface area contributed by atoms with E-state index in [-0.39, 0.29) is 47.1 Å². The third-order valence-electron chi connectivity index (χ3n) is 7.09. The Morgan fingerprint density at radius 3 is 2.27 bits per heavy atom. The number of nitrogens with two attached hydrogens (primary N) is 2. The van der Waals surface area contributed by atoms with Crippen LogP contribution in [0.4, 0.5) is 22.1 Å². The average molecular weight is 543 g/mol. The summed E-state index contributed by atoms with van der Waals surface area (Å²) in [5.74, 6) is 0.550. The lowest BCUT2D eigenvalue weighted by atomic mass is 9.95. The Morgan fingerprint density at radius 2 is 1.63 bits per heavy atom. The van der Waals surface area contributed by atoms with Crippen LogP contribution in [0.25, 0.3) is 11.1 Å². The van der Waals surface area contributed by atoms with Crippen LogP contribution >= 0.6 is 0 Å². The number of hydrogen-bond donors (Lipinski definition) is 4. The van der Waals surface area contributed by atoms with Crippen LogP contribution in [-0.4, -0.2) is 23.7 Å². The van der Waals surface area contributed by atoms with E-state index in [1.165, 1.54) is 0 Å². The molecule has 1 atom stereocenters. The van der Waals surface area contributed by atoms with Crippen molar-refractivity contribution >= 4 is 29.4 Å². The smallest absolute Gasteiger partial charge is 0.433 e. The number of nitrogens with one attached hydrogen (secondary N) is 2. The number of rotatable bonds is 4. The number of nitriles is 2. The molecule has 0 bridgehead atoms.